The number of carbonyl (C=O) groups is 1. The van der Waals surface area contributed by atoms with E-state index in [1.807, 2.05) is 12.1 Å². The van der Waals surface area contributed by atoms with E-state index in [0.717, 1.165) is 11.1 Å². The molecule has 2 rings (SSSR count). The lowest BCUT2D eigenvalue weighted by Gasteiger charge is -2.15. The molecular formula is C19H24N4O3. The van der Waals surface area contributed by atoms with Gasteiger partial charge in [0.2, 0.25) is 11.9 Å². The highest BCUT2D eigenvalue weighted by Crippen LogP contribution is 2.33. The molecule has 0 saturated heterocycles. The van der Waals surface area contributed by atoms with Crippen LogP contribution in [0.2, 0.25) is 0 Å². The summed E-state index contributed by atoms with van der Waals surface area (Å²) >= 11 is 0. The molecule has 0 radical (unpaired) electrons. The van der Waals surface area contributed by atoms with Crippen LogP contribution in [0.3, 0.4) is 0 Å². The van der Waals surface area contributed by atoms with Crippen molar-refractivity contribution in [3.8, 4) is 11.5 Å². The van der Waals surface area contributed by atoms with E-state index in [9.17, 15) is 4.79 Å². The summed E-state index contributed by atoms with van der Waals surface area (Å²) in [6.45, 7) is 4.64. The van der Waals surface area contributed by atoms with Crippen LogP contribution in [0.1, 0.15) is 17.5 Å². The highest BCUT2D eigenvalue weighted by molar-refractivity contribution is 5.76. The molecule has 0 fully saturated rings. The van der Waals surface area contributed by atoms with Gasteiger partial charge in [0, 0.05) is 37.5 Å². The fourth-order valence-electron chi connectivity index (χ4n) is 2.48. The summed E-state index contributed by atoms with van der Waals surface area (Å²) in [5, 5.41) is 5.90. The number of nitrogens with zero attached hydrogens (tertiary/aromatic N) is 2. The maximum absolute atomic E-state index is 12.0. The average molecular weight is 356 g/mol. The van der Waals surface area contributed by atoms with Crippen LogP contribution in [-0.4, -0.2) is 36.6 Å². The molecule has 0 aliphatic heterocycles. The molecule has 0 unspecified atom stereocenters. The number of hydrogen-bond acceptors (Lipinski definition) is 6. The molecule has 0 aliphatic rings. The summed E-state index contributed by atoms with van der Waals surface area (Å²) in [7, 11) is 3.20. The topological polar surface area (TPSA) is 85.4 Å². The van der Waals surface area contributed by atoms with E-state index < -0.39 is 0 Å². The predicted molar refractivity (Wildman–Crippen MR) is 100 cm³/mol. The summed E-state index contributed by atoms with van der Waals surface area (Å²) in [4.78, 5) is 20.1. The number of amides is 1. The largest absolute Gasteiger partial charge is 0.493 e. The van der Waals surface area contributed by atoms with Crippen LogP contribution < -0.4 is 20.1 Å². The van der Waals surface area contributed by atoms with Gasteiger partial charge in [-0.15, -0.1) is 6.58 Å². The lowest BCUT2D eigenvalue weighted by molar-refractivity contribution is -0.121. The minimum absolute atomic E-state index is 0.0616. The van der Waals surface area contributed by atoms with Gasteiger partial charge in [-0.3, -0.25) is 4.79 Å². The summed E-state index contributed by atoms with van der Waals surface area (Å²) in [6.07, 6.45) is 6.07. The molecule has 0 aliphatic carbocycles. The Balaban J connectivity index is 1.90. The van der Waals surface area contributed by atoms with Crippen LogP contribution in [-0.2, 0) is 17.8 Å². The zero-order valence-corrected chi connectivity index (χ0v) is 15.1. The van der Waals surface area contributed by atoms with E-state index in [1.54, 1.807) is 38.8 Å². The number of methoxy groups -OCH3 is 2. The van der Waals surface area contributed by atoms with Crippen LogP contribution >= 0.6 is 0 Å². The van der Waals surface area contributed by atoms with E-state index >= 15 is 0 Å². The second kappa shape index (κ2) is 10.0. The van der Waals surface area contributed by atoms with E-state index in [1.165, 1.54) is 0 Å². The minimum atomic E-state index is -0.0616. The lowest BCUT2D eigenvalue weighted by atomic mass is 10.1. The van der Waals surface area contributed by atoms with Gasteiger partial charge < -0.3 is 20.1 Å². The van der Waals surface area contributed by atoms with E-state index in [-0.39, 0.29) is 5.91 Å². The molecule has 7 nitrogen and oxygen atoms in total. The normalized spacial score (nSPS) is 10.1. The summed E-state index contributed by atoms with van der Waals surface area (Å²) < 4.78 is 10.8. The van der Waals surface area contributed by atoms with E-state index in [4.69, 9.17) is 9.47 Å². The molecule has 1 aromatic heterocycles. The van der Waals surface area contributed by atoms with Crippen molar-refractivity contribution in [1.82, 2.24) is 15.3 Å². The highest BCUT2D eigenvalue weighted by atomic mass is 16.5. The first kappa shape index (κ1) is 19.2. The fraction of sp³-hybridized carbons (Fsp3) is 0.316. The molecule has 26 heavy (non-hydrogen) atoms. The quantitative estimate of drug-likeness (QED) is 0.636. The molecule has 0 bridgehead atoms. The van der Waals surface area contributed by atoms with Crippen molar-refractivity contribution in [3.05, 3.63) is 54.4 Å². The Morgan fingerprint density at radius 1 is 1.23 bits per heavy atom. The molecule has 7 heteroatoms. The molecule has 1 heterocycles. The van der Waals surface area contributed by atoms with Gasteiger partial charge in [0.05, 0.1) is 14.2 Å². The van der Waals surface area contributed by atoms with Crippen LogP contribution in [0.5, 0.6) is 11.5 Å². The molecule has 2 N–H and O–H groups in total. The van der Waals surface area contributed by atoms with Crippen molar-refractivity contribution in [3.63, 3.8) is 0 Å². The van der Waals surface area contributed by atoms with E-state index in [2.05, 4.69) is 27.2 Å². The van der Waals surface area contributed by atoms with Crippen LogP contribution in [0.4, 0.5) is 5.95 Å². The molecule has 0 saturated carbocycles. The van der Waals surface area contributed by atoms with Crippen molar-refractivity contribution in [2.24, 2.45) is 0 Å². The Morgan fingerprint density at radius 3 is 2.65 bits per heavy atom. The highest BCUT2D eigenvalue weighted by Gasteiger charge is 2.12. The Kier molecular flexibility index (Phi) is 7.42. The van der Waals surface area contributed by atoms with Crippen LogP contribution in [0.15, 0.2) is 43.2 Å². The second-order valence-electron chi connectivity index (χ2n) is 5.51. The maximum Gasteiger partial charge on any atom is 0.222 e. The minimum Gasteiger partial charge on any atom is -0.493 e. The van der Waals surface area contributed by atoms with Crippen molar-refractivity contribution < 1.29 is 14.3 Å². The third-order valence-electron chi connectivity index (χ3n) is 3.67. The molecule has 1 aromatic carbocycles. The van der Waals surface area contributed by atoms with Gasteiger partial charge in [0.15, 0.2) is 11.5 Å². The number of aromatic nitrogens is 2. The molecule has 1 amide bonds. The van der Waals surface area contributed by atoms with Crippen molar-refractivity contribution >= 4 is 11.9 Å². The van der Waals surface area contributed by atoms with Crippen molar-refractivity contribution in [2.45, 2.75) is 19.4 Å². The summed E-state index contributed by atoms with van der Waals surface area (Å²) in [5.74, 6) is 1.77. The smallest absolute Gasteiger partial charge is 0.222 e. The van der Waals surface area contributed by atoms with Gasteiger partial charge in [-0.2, -0.15) is 0 Å². The number of allylic oxidation sites excluding steroid dienone is 1. The molecule has 0 atom stereocenters. The Labute approximate surface area is 153 Å². The fourth-order valence-corrected chi connectivity index (χ4v) is 2.48. The first-order chi connectivity index (χ1) is 12.7. The van der Waals surface area contributed by atoms with Gasteiger partial charge in [-0.25, -0.2) is 9.97 Å². The number of carbonyl (C=O) groups excluding carboxylic acids is 1. The van der Waals surface area contributed by atoms with Gasteiger partial charge in [-0.05, 0) is 30.2 Å². The zero-order chi connectivity index (χ0) is 18.8. The first-order valence-electron chi connectivity index (χ1n) is 8.30. The standard InChI is InChI=1S/C19H24N4O3/c1-4-6-15-11-14(12-16(25-2)18(15)26-3)13-23-17(24)7-10-22-19-20-8-5-9-21-19/h4-5,8-9,11-12H,1,6-7,10,13H2,2-3H3,(H,23,24)(H,20,21,22). The first-order valence-corrected chi connectivity index (χ1v) is 8.30. The summed E-state index contributed by atoms with van der Waals surface area (Å²) in [5.41, 5.74) is 1.90. The number of nitrogens with one attached hydrogen (secondary N) is 2. The Morgan fingerprint density at radius 2 is 2.00 bits per heavy atom. The molecule has 138 valence electrons. The Bertz CT molecular complexity index is 735. The molecular weight excluding hydrogens is 332 g/mol. The third kappa shape index (κ3) is 5.47. The zero-order valence-electron chi connectivity index (χ0n) is 15.1. The lowest BCUT2D eigenvalue weighted by Crippen LogP contribution is -2.25. The van der Waals surface area contributed by atoms with Gasteiger partial charge >= 0.3 is 0 Å². The number of rotatable bonds is 10. The van der Waals surface area contributed by atoms with E-state index in [0.29, 0.717) is 43.4 Å². The van der Waals surface area contributed by atoms with Gasteiger partial charge in [-0.1, -0.05) is 6.08 Å². The van der Waals surface area contributed by atoms with Gasteiger partial charge in [0.25, 0.3) is 0 Å². The number of benzene rings is 1. The SMILES string of the molecule is C=CCc1cc(CNC(=O)CCNc2ncccn2)cc(OC)c1OC. The predicted octanol–water partition coefficient (Wildman–Crippen LogP) is 2.34. The second-order valence-corrected chi connectivity index (χ2v) is 5.51. The van der Waals surface area contributed by atoms with Crippen molar-refractivity contribution in [1.29, 1.82) is 0 Å². The third-order valence-corrected chi connectivity index (χ3v) is 3.67. The van der Waals surface area contributed by atoms with Gasteiger partial charge in [0.1, 0.15) is 0 Å². The summed E-state index contributed by atoms with van der Waals surface area (Å²) in [6, 6.07) is 5.59. The maximum atomic E-state index is 12.0. The average Bonchev–Trinajstić information content (AvgIpc) is 2.67. The Hall–Kier alpha value is -3.09. The van der Waals surface area contributed by atoms with Crippen LogP contribution in [0.25, 0.3) is 0 Å². The van der Waals surface area contributed by atoms with Crippen molar-refractivity contribution in [2.75, 3.05) is 26.1 Å². The molecule has 2 aromatic rings. The molecule has 0 spiro atoms. The number of hydrogen-bond donors (Lipinski definition) is 2. The monoisotopic (exact) mass is 356 g/mol. The van der Waals surface area contributed by atoms with Crippen LogP contribution in [0, 0.1) is 0 Å². The number of anilines is 1. The number of ether oxygens (including phenoxy) is 2.